The van der Waals surface area contributed by atoms with E-state index < -0.39 is 162 Å². The van der Waals surface area contributed by atoms with Crippen LogP contribution >= 0.6 is 0 Å². The van der Waals surface area contributed by atoms with Crippen molar-refractivity contribution in [2.24, 2.45) is 0 Å². The lowest BCUT2D eigenvalue weighted by atomic mass is 10.0. The molecule has 2 aliphatic heterocycles. The van der Waals surface area contributed by atoms with Crippen LogP contribution in [0.2, 0.25) is 19.6 Å². The molecule has 4 nitrogen and oxygen atoms in total. The van der Waals surface area contributed by atoms with Gasteiger partial charge in [-0.1, -0.05) is 55.7 Å². The van der Waals surface area contributed by atoms with E-state index in [1.54, 1.807) is 24.3 Å². The summed E-state index contributed by atoms with van der Waals surface area (Å²) in [4.78, 5) is 14.0. The third-order valence-corrected chi connectivity index (χ3v) is 12.3. The highest BCUT2D eigenvalue weighted by molar-refractivity contribution is 6.81. The van der Waals surface area contributed by atoms with Gasteiger partial charge in [0, 0.05) is 44.3 Å². The molecule has 0 aliphatic carbocycles. The van der Waals surface area contributed by atoms with Crippen LogP contribution in [0.3, 0.4) is 0 Å². The Morgan fingerprint density at radius 1 is 0.333 bits per heavy atom. The maximum atomic E-state index is 15.9. The number of benzene rings is 4. The summed E-state index contributed by atoms with van der Waals surface area (Å²) in [6.45, 7) is 6.27. The predicted molar refractivity (Wildman–Crippen MR) is 232 cm³/mol. The molecule has 7 aromatic rings. The number of halogens is 15. The molecule has 0 saturated carbocycles. The number of aromatic amines is 2. The molecule has 0 unspecified atom stereocenters. The SMILES string of the molecule is C[Si](C)(C)C=Cc1ccc(-c2c3nc(c(-c4c(F)c(F)c(F)c(F)c4F)c4ccc([nH]4)c(-c4c(F)c(F)c(F)c(F)c4F)c4nc(c(-c5c(F)c(F)c(F)c(F)c5F)c5ccc2[nH]5)C=C4)C=C3)cc1. The lowest BCUT2D eigenvalue weighted by Crippen LogP contribution is -2.15. The summed E-state index contributed by atoms with van der Waals surface area (Å²) in [6, 6.07) is 10.7. The van der Waals surface area contributed by atoms with Crippen molar-refractivity contribution >= 4 is 60.5 Å². The number of hydrogen-bond acceptors (Lipinski definition) is 2. The summed E-state index contributed by atoms with van der Waals surface area (Å²) in [7, 11) is -1.70. The highest BCUT2D eigenvalue weighted by atomic mass is 28.3. The van der Waals surface area contributed by atoms with Crippen molar-refractivity contribution in [3.05, 3.63) is 170 Å². The van der Waals surface area contributed by atoms with Crippen LogP contribution in [0.4, 0.5) is 65.9 Å². The minimum absolute atomic E-state index is 0.0334. The Balaban J connectivity index is 1.52. The fraction of sp³-hybridized carbons (Fsp3) is 0.0612. The molecule has 0 atom stereocenters. The van der Waals surface area contributed by atoms with E-state index in [0.717, 1.165) is 42.0 Å². The lowest BCUT2D eigenvalue weighted by Gasteiger charge is -2.11. The van der Waals surface area contributed by atoms with Crippen molar-refractivity contribution in [1.82, 2.24) is 19.9 Å². The average Bonchev–Trinajstić information content (AvgIpc) is 4.18. The van der Waals surface area contributed by atoms with E-state index in [9.17, 15) is 22.0 Å². The molecule has 4 aromatic carbocycles. The number of H-pyrrole nitrogens is 2. The zero-order chi connectivity index (χ0) is 49.7. The molecule has 350 valence electrons. The van der Waals surface area contributed by atoms with Gasteiger partial charge in [-0.3, -0.25) is 0 Å². The Bertz CT molecular complexity index is 3510. The van der Waals surface area contributed by atoms with Gasteiger partial charge in [-0.15, -0.1) is 0 Å². The van der Waals surface area contributed by atoms with Gasteiger partial charge in [-0.05, 0) is 59.7 Å². The van der Waals surface area contributed by atoms with E-state index in [2.05, 4.69) is 45.3 Å². The largest absolute Gasteiger partial charge is 0.354 e. The van der Waals surface area contributed by atoms with Gasteiger partial charge < -0.3 is 9.97 Å². The fourth-order valence-electron chi connectivity index (χ4n) is 7.88. The van der Waals surface area contributed by atoms with Crippen LogP contribution in [-0.2, 0) is 0 Å². The normalized spacial score (nSPS) is 12.6. The molecular formula is C49H25F15N4Si. The number of fused-ring (bicyclic) bond motifs is 8. The Morgan fingerprint density at radius 3 is 0.884 bits per heavy atom. The number of rotatable bonds is 6. The zero-order valence-electron chi connectivity index (χ0n) is 35.1. The topological polar surface area (TPSA) is 57.4 Å². The van der Waals surface area contributed by atoms with E-state index in [4.69, 9.17) is 0 Å². The molecule has 69 heavy (non-hydrogen) atoms. The molecule has 0 fully saturated rings. The van der Waals surface area contributed by atoms with E-state index in [1.807, 2.05) is 6.08 Å². The molecule has 8 bridgehead atoms. The van der Waals surface area contributed by atoms with Gasteiger partial charge in [0.2, 0.25) is 17.5 Å². The molecular weight excluding hydrogens is 958 g/mol. The van der Waals surface area contributed by atoms with Crippen molar-refractivity contribution in [3.8, 4) is 44.5 Å². The van der Waals surface area contributed by atoms with Crippen LogP contribution < -0.4 is 0 Å². The predicted octanol–water partition coefficient (Wildman–Crippen LogP) is 15.3. The molecule has 3 aromatic heterocycles. The van der Waals surface area contributed by atoms with Gasteiger partial charge >= 0.3 is 0 Å². The molecule has 0 amide bonds. The van der Waals surface area contributed by atoms with E-state index in [1.165, 1.54) is 12.1 Å². The second kappa shape index (κ2) is 16.9. The van der Waals surface area contributed by atoms with Crippen LogP contribution in [0.15, 0.2) is 54.2 Å². The third-order valence-electron chi connectivity index (χ3n) is 11.1. The summed E-state index contributed by atoms with van der Waals surface area (Å²) >= 11 is 0. The molecule has 20 heteroatoms. The van der Waals surface area contributed by atoms with E-state index in [0.29, 0.717) is 5.56 Å². The standard InChI is InChI=1S/C49H25F15N4Si/c1-69(2,3)17-16-18-4-6-19(7-5-18)28-20-8-10-22(65-20)29(32-35(50)41(56)47(62)42(57)36(32)51)24-12-14-26(67-24)31(34-39(54)45(60)49(64)46(61)40(34)55)27-15-13-25(68-27)30(23-11-9-21(28)66-23)33-37(52)43(58)48(63)44(59)38(33)53/h4-17,65,68H,1-3H3. The first-order chi connectivity index (χ1) is 32.6. The second-order valence-electron chi connectivity index (χ2n) is 16.7. The van der Waals surface area contributed by atoms with E-state index in [-0.39, 0.29) is 16.8 Å². The lowest BCUT2D eigenvalue weighted by molar-refractivity contribution is 0.381. The van der Waals surface area contributed by atoms with Crippen molar-refractivity contribution in [2.75, 3.05) is 0 Å². The van der Waals surface area contributed by atoms with Gasteiger partial charge in [0.15, 0.2) is 69.8 Å². The minimum atomic E-state index is -2.61. The molecule has 2 N–H and O–H groups in total. The van der Waals surface area contributed by atoms with Gasteiger partial charge in [-0.2, -0.15) is 0 Å². The first-order valence-electron chi connectivity index (χ1n) is 20.1. The van der Waals surface area contributed by atoms with Crippen molar-refractivity contribution in [2.45, 2.75) is 19.6 Å². The maximum Gasteiger partial charge on any atom is 0.200 e. The average molecular weight is 983 g/mol. The molecule has 0 spiro atoms. The maximum absolute atomic E-state index is 15.9. The highest BCUT2D eigenvalue weighted by Crippen LogP contribution is 2.43. The number of hydrogen-bond donors (Lipinski definition) is 2. The van der Waals surface area contributed by atoms with Crippen LogP contribution in [-0.4, -0.2) is 28.0 Å². The number of nitrogens with one attached hydrogen (secondary N) is 2. The van der Waals surface area contributed by atoms with Crippen LogP contribution in [0.25, 0.3) is 97.0 Å². The Morgan fingerprint density at radius 2 is 0.594 bits per heavy atom. The van der Waals surface area contributed by atoms with Crippen molar-refractivity contribution < 1.29 is 65.9 Å². The van der Waals surface area contributed by atoms with Crippen LogP contribution in [0.5, 0.6) is 0 Å². The van der Waals surface area contributed by atoms with Gasteiger partial charge in [0.1, 0.15) is 0 Å². The third kappa shape index (κ3) is 7.62. The smallest absolute Gasteiger partial charge is 0.200 e. The molecule has 0 saturated heterocycles. The highest BCUT2D eigenvalue weighted by Gasteiger charge is 2.34. The first-order valence-corrected chi connectivity index (χ1v) is 23.7. The summed E-state index contributed by atoms with van der Waals surface area (Å²) in [5, 5.41) is 0. The summed E-state index contributed by atoms with van der Waals surface area (Å²) < 4.78 is 229. The number of nitrogens with zero attached hydrogens (tertiary/aromatic N) is 2. The fourth-order valence-corrected chi connectivity index (χ4v) is 8.57. The molecule has 2 aliphatic rings. The minimum Gasteiger partial charge on any atom is -0.354 e. The number of aromatic nitrogens is 4. The molecule has 5 heterocycles. The van der Waals surface area contributed by atoms with Crippen molar-refractivity contribution in [3.63, 3.8) is 0 Å². The zero-order valence-corrected chi connectivity index (χ0v) is 36.1. The van der Waals surface area contributed by atoms with Crippen LogP contribution in [0, 0.1) is 87.3 Å². The quantitative estimate of drug-likeness (QED) is 0.0755. The second-order valence-corrected chi connectivity index (χ2v) is 21.7. The monoisotopic (exact) mass is 982 g/mol. The summed E-state index contributed by atoms with van der Waals surface area (Å²) in [5.41, 5.74) is -8.54. The van der Waals surface area contributed by atoms with Crippen molar-refractivity contribution in [1.29, 1.82) is 0 Å². The Labute approximate surface area is 379 Å². The summed E-state index contributed by atoms with van der Waals surface area (Å²) in [5.74, 6) is -36.6. The van der Waals surface area contributed by atoms with Gasteiger partial charge in [0.05, 0.1) is 47.5 Å². The Hall–Kier alpha value is -7.61. The van der Waals surface area contributed by atoms with Gasteiger partial charge in [0.25, 0.3) is 0 Å². The van der Waals surface area contributed by atoms with Crippen LogP contribution in [0.1, 0.15) is 28.3 Å². The molecule has 9 rings (SSSR count). The summed E-state index contributed by atoms with van der Waals surface area (Å²) in [6.07, 6.45) is 5.87. The first kappa shape index (κ1) is 46.5. The Kier molecular flexibility index (Phi) is 11.4. The van der Waals surface area contributed by atoms with Gasteiger partial charge in [-0.25, -0.2) is 75.8 Å². The van der Waals surface area contributed by atoms with E-state index >= 15 is 43.9 Å². The molecule has 0 radical (unpaired) electrons.